The van der Waals surface area contributed by atoms with Gasteiger partial charge in [0.15, 0.2) is 0 Å². The Hall–Kier alpha value is -3.16. The summed E-state index contributed by atoms with van der Waals surface area (Å²) in [5, 5.41) is 9.22. The van der Waals surface area contributed by atoms with Crippen molar-refractivity contribution >= 4 is 16.0 Å². The van der Waals surface area contributed by atoms with Crippen molar-refractivity contribution in [1.82, 2.24) is 4.72 Å². The van der Waals surface area contributed by atoms with Gasteiger partial charge < -0.3 is 9.84 Å². The molecule has 3 rings (SSSR count). The highest BCUT2D eigenvalue weighted by molar-refractivity contribution is 7.88. The minimum Gasteiger partial charge on any atom is -0.489 e. The molecule has 0 bridgehead atoms. The molecular formula is C23H23NO5S. The third kappa shape index (κ3) is 6.43. The third-order valence-electron chi connectivity index (χ3n) is 4.50. The molecule has 0 aliphatic rings. The van der Waals surface area contributed by atoms with Gasteiger partial charge in [-0.2, -0.15) is 0 Å². The topological polar surface area (TPSA) is 92.7 Å². The number of carboxylic acid groups (broad SMARTS) is 1. The zero-order valence-corrected chi connectivity index (χ0v) is 17.1. The number of rotatable bonds is 10. The summed E-state index contributed by atoms with van der Waals surface area (Å²) >= 11 is 0. The Morgan fingerprint density at radius 3 is 2.23 bits per heavy atom. The van der Waals surface area contributed by atoms with Crippen molar-refractivity contribution < 1.29 is 23.1 Å². The van der Waals surface area contributed by atoms with Gasteiger partial charge in [0.1, 0.15) is 12.4 Å². The maximum atomic E-state index is 12.2. The highest BCUT2D eigenvalue weighted by Crippen LogP contribution is 2.16. The number of sulfonamides is 1. The largest absolute Gasteiger partial charge is 0.489 e. The van der Waals surface area contributed by atoms with E-state index in [2.05, 4.69) is 4.72 Å². The van der Waals surface area contributed by atoms with Crippen LogP contribution in [0.25, 0.3) is 0 Å². The van der Waals surface area contributed by atoms with E-state index in [0.29, 0.717) is 24.3 Å². The van der Waals surface area contributed by atoms with E-state index in [0.717, 1.165) is 11.1 Å². The predicted octanol–water partition coefficient (Wildman–Crippen LogP) is 3.63. The number of aromatic carboxylic acids is 1. The second-order valence-electron chi connectivity index (χ2n) is 6.78. The Kier molecular flexibility index (Phi) is 7.21. The quantitative estimate of drug-likeness (QED) is 0.518. The molecule has 7 heteroatoms. The second kappa shape index (κ2) is 10.0. The standard InChI is InChI=1S/C23H23NO5S/c25-23(26)22-9-5-4-8-20(22)16-29-21-12-10-18(11-13-21)14-15-24-30(27,28)17-19-6-2-1-3-7-19/h1-13,24H,14-17H2,(H,25,26). The summed E-state index contributed by atoms with van der Waals surface area (Å²) in [7, 11) is -3.39. The monoisotopic (exact) mass is 425 g/mol. The Balaban J connectivity index is 1.48. The zero-order valence-electron chi connectivity index (χ0n) is 16.3. The van der Waals surface area contributed by atoms with Crippen molar-refractivity contribution in [2.45, 2.75) is 18.8 Å². The van der Waals surface area contributed by atoms with Crippen LogP contribution < -0.4 is 9.46 Å². The molecule has 0 aliphatic heterocycles. The van der Waals surface area contributed by atoms with Crippen molar-refractivity contribution in [3.63, 3.8) is 0 Å². The number of ether oxygens (including phenoxy) is 1. The summed E-state index contributed by atoms with van der Waals surface area (Å²) in [5.74, 6) is -0.416. The molecule has 3 aromatic rings. The van der Waals surface area contributed by atoms with E-state index in [1.54, 1.807) is 48.5 Å². The van der Waals surface area contributed by atoms with E-state index in [1.807, 2.05) is 30.3 Å². The molecule has 2 N–H and O–H groups in total. The lowest BCUT2D eigenvalue weighted by molar-refractivity contribution is 0.0694. The van der Waals surface area contributed by atoms with Gasteiger partial charge in [0.05, 0.1) is 11.3 Å². The fourth-order valence-corrected chi connectivity index (χ4v) is 4.11. The smallest absolute Gasteiger partial charge is 0.336 e. The van der Waals surface area contributed by atoms with Gasteiger partial charge in [-0.25, -0.2) is 17.9 Å². The van der Waals surface area contributed by atoms with E-state index >= 15 is 0 Å². The molecule has 3 aromatic carbocycles. The molecule has 6 nitrogen and oxygen atoms in total. The maximum Gasteiger partial charge on any atom is 0.336 e. The highest BCUT2D eigenvalue weighted by atomic mass is 32.2. The van der Waals surface area contributed by atoms with Crippen LogP contribution in [-0.2, 0) is 28.8 Å². The first-order valence-corrected chi connectivity index (χ1v) is 11.1. The Labute approximate surface area is 176 Å². The van der Waals surface area contributed by atoms with Crippen molar-refractivity contribution in [2.75, 3.05) is 6.54 Å². The van der Waals surface area contributed by atoms with E-state index in [1.165, 1.54) is 0 Å². The molecule has 0 aromatic heterocycles. The van der Waals surface area contributed by atoms with Gasteiger partial charge in [-0.1, -0.05) is 60.7 Å². The van der Waals surface area contributed by atoms with Crippen molar-refractivity contribution in [2.24, 2.45) is 0 Å². The van der Waals surface area contributed by atoms with Crippen LogP contribution in [0.5, 0.6) is 5.75 Å². The third-order valence-corrected chi connectivity index (χ3v) is 5.86. The predicted molar refractivity (Wildman–Crippen MR) is 115 cm³/mol. The summed E-state index contributed by atoms with van der Waals surface area (Å²) < 4.78 is 32.6. The molecule has 0 amide bonds. The van der Waals surface area contributed by atoms with Gasteiger partial charge in [0, 0.05) is 12.1 Å². The van der Waals surface area contributed by atoms with Crippen molar-refractivity contribution in [3.05, 3.63) is 101 Å². The summed E-state index contributed by atoms with van der Waals surface area (Å²) in [6.07, 6.45) is 0.552. The first kappa shape index (κ1) is 21.5. The molecule has 156 valence electrons. The molecule has 0 saturated heterocycles. The maximum absolute atomic E-state index is 12.2. The number of hydrogen-bond donors (Lipinski definition) is 2. The molecule has 30 heavy (non-hydrogen) atoms. The van der Waals surface area contributed by atoms with E-state index in [9.17, 15) is 18.3 Å². The first-order chi connectivity index (χ1) is 14.4. The Bertz CT molecular complexity index is 1080. The van der Waals surface area contributed by atoms with Crippen LogP contribution in [0.1, 0.15) is 27.0 Å². The second-order valence-corrected chi connectivity index (χ2v) is 8.59. The molecule has 0 fully saturated rings. The van der Waals surface area contributed by atoms with Crippen molar-refractivity contribution in [1.29, 1.82) is 0 Å². The molecule has 0 heterocycles. The number of hydrogen-bond acceptors (Lipinski definition) is 4. The lowest BCUT2D eigenvalue weighted by Gasteiger charge is -2.10. The molecule has 0 radical (unpaired) electrons. The summed E-state index contributed by atoms with van der Waals surface area (Å²) in [6.45, 7) is 0.461. The van der Waals surface area contributed by atoms with E-state index in [4.69, 9.17) is 4.74 Å². The normalized spacial score (nSPS) is 11.2. The number of benzene rings is 3. The minimum absolute atomic E-state index is 0.0432. The van der Waals surface area contributed by atoms with Crippen LogP contribution in [0.4, 0.5) is 0 Å². The van der Waals surface area contributed by atoms with Gasteiger partial charge in [0.25, 0.3) is 0 Å². The average molecular weight is 426 g/mol. The van der Waals surface area contributed by atoms with Crippen molar-refractivity contribution in [3.8, 4) is 5.75 Å². The zero-order chi connectivity index (χ0) is 21.4. The van der Waals surface area contributed by atoms with Crippen LogP contribution in [0.15, 0.2) is 78.9 Å². The van der Waals surface area contributed by atoms with Crippen LogP contribution in [0.3, 0.4) is 0 Å². The van der Waals surface area contributed by atoms with Crippen LogP contribution in [-0.4, -0.2) is 26.0 Å². The summed E-state index contributed by atoms with van der Waals surface area (Å²) in [4.78, 5) is 11.2. The lowest BCUT2D eigenvalue weighted by Crippen LogP contribution is -2.27. The molecule has 0 unspecified atom stereocenters. The van der Waals surface area contributed by atoms with Crippen LogP contribution in [0, 0.1) is 0 Å². The minimum atomic E-state index is -3.39. The van der Waals surface area contributed by atoms with E-state index < -0.39 is 16.0 Å². The molecular weight excluding hydrogens is 402 g/mol. The van der Waals surface area contributed by atoms with Gasteiger partial charge in [-0.3, -0.25) is 0 Å². The molecule has 0 saturated carbocycles. The fourth-order valence-electron chi connectivity index (χ4n) is 2.96. The lowest BCUT2D eigenvalue weighted by atomic mass is 10.1. The Morgan fingerprint density at radius 2 is 1.53 bits per heavy atom. The van der Waals surface area contributed by atoms with Crippen LogP contribution >= 0.6 is 0 Å². The highest BCUT2D eigenvalue weighted by Gasteiger charge is 2.11. The van der Waals surface area contributed by atoms with Crippen LogP contribution in [0.2, 0.25) is 0 Å². The molecule has 0 atom stereocenters. The first-order valence-electron chi connectivity index (χ1n) is 9.47. The van der Waals surface area contributed by atoms with Gasteiger partial charge >= 0.3 is 5.97 Å². The summed E-state index contributed by atoms with van der Waals surface area (Å²) in [6, 6.07) is 23.1. The SMILES string of the molecule is O=C(O)c1ccccc1COc1ccc(CCNS(=O)(=O)Cc2ccccc2)cc1. The van der Waals surface area contributed by atoms with Gasteiger partial charge in [0.2, 0.25) is 10.0 Å². The Morgan fingerprint density at radius 1 is 0.867 bits per heavy atom. The summed E-state index contributed by atoms with van der Waals surface area (Å²) in [5.41, 5.74) is 2.53. The molecule has 0 aliphatic carbocycles. The number of nitrogens with one attached hydrogen (secondary N) is 1. The average Bonchev–Trinajstić information content (AvgIpc) is 2.73. The fraction of sp³-hybridized carbons (Fsp3) is 0.174. The number of carbonyl (C=O) groups is 1. The van der Waals surface area contributed by atoms with Gasteiger partial charge in [-0.15, -0.1) is 0 Å². The van der Waals surface area contributed by atoms with E-state index in [-0.39, 0.29) is 17.9 Å². The van der Waals surface area contributed by atoms with Gasteiger partial charge in [-0.05, 0) is 35.7 Å². The molecule has 0 spiro atoms. The number of carboxylic acids is 1.